The molecule has 5 rings (SSSR count). The van der Waals surface area contributed by atoms with Gasteiger partial charge in [0.25, 0.3) is 0 Å². The summed E-state index contributed by atoms with van der Waals surface area (Å²) < 4.78 is 17.2. The average molecular weight is 497 g/mol. The maximum absolute atomic E-state index is 11.7. The topological polar surface area (TPSA) is 80.3 Å². The van der Waals surface area contributed by atoms with Crippen LogP contribution in [-0.2, 0) is 15.9 Å². The first-order valence-electron chi connectivity index (χ1n) is 13.1. The molecule has 1 amide bonds. The number of aliphatic hydroxyl groups excluding tert-OH is 1. The second kappa shape index (κ2) is 11.6. The molecule has 2 aromatic rings. The minimum absolute atomic E-state index is 0.00000166. The van der Waals surface area contributed by atoms with Gasteiger partial charge in [-0.25, -0.2) is 4.79 Å². The van der Waals surface area contributed by atoms with Gasteiger partial charge in [0.1, 0.15) is 17.6 Å². The van der Waals surface area contributed by atoms with Crippen LogP contribution in [0.4, 0.5) is 4.79 Å². The van der Waals surface area contributed by atoms with E-state index in [-0.39, 0.29) is 12.2 Å². The molecule has 7 nitrogen and oxygen atoms in total. The van der Waals surface area contributed by atoms with E-state index in [9.17, 15) is 9.90 Å². The van der Waals surface area contributed by atoms with Crippen molar-refractivity contribution in [3.8, 4) is 5.75 Å². The lowest BCUT2D eigenvalue weighted by Crippen LogP contribution is -2.41. The number of amides is 1. The normalized spacial score (nSPS) is 18.3. The third-order valence-electron chi connectivity index (χ3n) is 6.67. The summed E-state index contributed by atoms with van der Waals surface area (Å²) in [6.45, 7) is 10.8. The highest BCUT2D eigenvalue weighted by Crippen LogP contribution is 2.35. The Morgan fingerprint density at radius 3 is 2.69 bits per heavy atom. The number of unbranched alkanes of at least 4 members (excludes halogenated alkanes) is 2. The number of aliphatic hydroxyl groups is 1. The number of aryl methyl sites for hydroxylation is 1. The fourth-order valence-electron chi connectivity index (χ4n) is 4.73. The molecule has 7 heteroatoms. The quantitative estimate of drug-likeness (QED) is 0.383. The van der Waals surface area contributed by atoms with Crippen molar-refractivity contribution in [1.29, 1.82) is 0 Å². The maximum Gasteiger partial charge on any atom is 0.407 e. The fourth-order valence-corrected chi connectivity index (χ4v) is 4.73. The molecule has 1 aliphatic heterocycles. The number of nitrogens with zero attached hydrogens (tertiary/aromatic N) is 1. The molecule has 3 aliphatic rings. The van der Waals surface area contributed by atoms with E-state index in [1.807, 2.05) is 45.9 Å². The summed E-state index contributed by atoms with van der Waals surface area (Å²) in [5.74, 6) is 0.807. The van der Waals surface area contributed by atoms with Crippen LogP contribution < -0.4 is 10.1 Å². The summed E-state index contributed by atoms with van der Waals surface area (Å²) in [5, 5.41) is 13.9. The van der Waals surface area contributed by atoms with Gasteiger partial charge in [-0.2, -0.15) is 0 Å². The molecular weight excluding hydrogens is 456 g/mol. The zero-order valence-electron chi connectivity index (χ0n) is 22.0. The monoisotopic (exact) mass is 496 g/mol. The predicted molar refractivity (Wildman–Crippen MR) is 139 cm³/mol. The molecule has 2 aromatic carbocycles. The van der Waals surface area contributed by atoms with Crippen LogP contribution in [0.5, 0.6) is 5.75 Å². The van der Waals surface area contributed by atoms with E-state index in [1.54, 1.807) is 0 Å². The number of hydrogen-bond donors (Lipinski definition) is 2. The summed E-state index contributed by atoms with van der Waals surface area (Å²) in [6.07, 6.45) is 2.72. The van der Waals surface area contributed by atoms with Crippen molar-refractivity contribution in [3.05, 3.63) is 64.2 Å². The maximum atomic E-state index is 11.7. The number of benzene rings is 2. The third kappa shape index (κ3) is 6.99. The Morgan fingerprint density at radius 1 is 1.19 bits per heavy atom. The molecule has 36 heavy (non-hydrogen) atoms. The standard InChI is InChI=1S/C29H40N2O5/c1-20-16-23(34-14-7-5-6-12-30-28(33)36-29(2,3)4)9-11-24(20)27(32)31-13-15-35-26(19-31)25-10-8-21-17-22(25)18-21/h8-11,16-17,26-27,32H,5-7,12-15,18-19H2,1-4H3,(H,30,33). The minimum Gasteiger partial charge on any atom is -0.494 e. The van der Waals surface area contributed by atoms with Crippen molar-refractivity contribution in [3.63, 3.8) is 0 Å². The van der Waals surface area contributed by atoms with E-state index in [0.717, 1.165) is 42.6 Å². The SMILES string of the molecule is Cc1cc(OCCCCCNC(=O)OC(C)(C)C)ccc1C(O)N1CCOC(c2ccc3cc2C3)C1. The van der Waals surface area contributed by atoms with Crippen molar-refractivity contribution in [2.75, 3.05) is 32.8 Å². The van der Waals surface area contributed by atoms with Crippen LogP contribution in [0.25, 0.3) is 0 Å². The van der Waals surface area contributed by atoms with E-state index in [0.29, 0.717) is 32.8 Å². The first-order chi connectivity index (χ1) is 17.2. The van der Waals surface area contributed by atoms with Crippen LogP contribution >= 0.6 is 0 Å². The highest BCUT2D eigenvalue weighted by molar-refractivity contribution is 5.67. The lowest BCUT2D eigenvalue weighted by Gasteiger charge is -2.38. The van der Waals surface area contributed by atoms with Crippen molar-refractivity contribution in [1.82, 2.24) is 10.2 Å². The van der Waals surface area contributed by atoms with E-state index in [2.05, 4.69) is 28.4 Å². The Morgan fingerprint density at radius 2 is 2.00 bits per heavy atom. The number of hydrogen-bond acceptors (Lipinski definition) is 6. The molecular formula is C29H40N2O5. The molecule has 1 heterocycles. The summed E-state index contributed by atoms with van der Waals surface area (Å²) in [4.78, 5) is 13.8. The van der Waals surface area contributed by atoms with Crippen molar-refractivity contribution in [2.24, 2.45) is 0 Å². The van der Waals surface area contributed by atoms with E-state index in [4.69, 9.17) is 14.2 Å². The summed E-state index contributed by atoms with van der Waals surface area (Å²) >= 11 is 0. The van der Waals surface area contributed by atoms with Crippen LogP contribution in [0.2, 0.25) is 0 Å². The van der Waals surface area contributed by atoms with Gasteiger partial charge in [-0.1, -0.05) is 24.3 Å². The molecule has 2 bridgehead atoms. The van der Waals surface area contributed by atoms with Gasteiger partial charge in [-0.3, -0.25) is 4.90 Å². The largest absolute Gasteiger partial charge is 0.494 e. The predicted octanol–water partition coefficient (Wildman–Crippen LogP) is 5.04. The molecule has 1 saturated heterocycles. The van der Waals surface area contributed by atoms with Crippen molar-refractivity contribution >= 4 is 6.09 Å². The molecule has 0 spiro atoms. The van der Waals surface area contributed by atoms with Gasteiger partial charge in [0.15, 0.2) is 0 Å². The Balaban J connectivity index is 1.19. The molecule has 2 aliphatic carbocycles. The molecule has 2 unspecified atom stereocenters. The smallest absolute Gasteiger partial charge is 0.407 e. The summed E-state index contributed by atoms with van der Waals surface area (Å²) in [6, 6.07) is 12.5. The molecule has 1 fully saturated rings. The summed E-state index contributed by atoms with van der Waals surface area (Å²) in [7, 11) is 0. The Bertz CT molecular complexity index is 1040. The highest BCUT2D eigenvalue weighted by atomic mass is 16.6. The van der Waals surface area contributed by atoms with Gasteiger partial charge in [-0.05, 0) is 93.3 Å². The number of rotatable bonds is 10. The van der Waals surface area contributed by atoms with Crippen LogP contribution in [-0.4, -0.2) is 54.5 Å². The van der Waals surface area contributed by atoms with Gasteiger partial charge in [0.05, 0.1) is 19.3 Å². The minimum atomic E-state index is -0.673. The van der Waals surface area contributed by atoms with E-state index >= 15 is 0 Å². The highest BCUT2D eigenvalue weighted by Gasteiger charge is 2.30. The summed E-state index contributed by atoms with van der Waals surface area (Å²) in [5.41, 5.74) is 5.44. The number of morpholine rings is 1. The molecule has 2 N–H and O–H groups in total. The van der Waals surface area contributed by atoms with Crippen molar-refractivity contribution < 1.29 is 24.1 Å². The van der Waals surface area contributed by atoms with Gasteiger partial charge in [0.2, 0.25) is 0 Å². The number of nitrogens with one attached hydrogen (secondary N) is 1. The first kappa shape index (κ1) is 26.5. The van der Waals surface area contributed by atoms with Gasteiger partial charge >= 0.3 is 6.09 Å². The van der Waals surface area contributed by atoms with Crippen LogP contribution in [0.15, 0.2) is 36.4 Å². The van der Waals surface area contributed by atoms with E-state index in [1.165, 1.54) is 16.7 Å². The molecule has 2 atom stereocenters. The molecule has 0 aromatic heterocycles. The van der Waals surface area contributed by atoms with Crippen LogP contribution in [0.1, 0.15) is 80.2 Å². The molecule has 0 saturated carbocycles. The number of carbonyl (C=O) groups excluding carboxylic acids is 1. The van der Waals surface area contributed by atoms with Crippen LogP contribution in [0.3, 0.4) is 0 Å². The second-order valence-corrected chi connectivity index (χ2v) is 10.8. The fraction of sp³-hybridized carbons (Fsp3) is 0.552. The molecule has 0 radical (unpaired) electrons. The Hall–Kier alpha value is -2.61. The first-order valence-corrected chi connectivity index (χ1v) is 13.1. The van der Waals surface area contributed by atoms with Crippen molar-refractivity contribution in [2.45, 2.75) is 71.3 Å². The second-order valence-electron chi connectivity index (χ2n) is 10.8. The number of fused-ring (bicyclic) bond motifs is 2. The third-order valence-corrected chi connectivity index (χ3v) is 6.67. The number of alkyl carbamates (subject to hydrolysis) is 1. The van der Waals surface area contributed by atoms with E-state index < -0.39 is 11.8 Å². The zero-order chi connectivity index (χ0) is 25.7. The Kier molecular flexibility index (Phi) is 8.54. The lowest BCUT2D eigenvalue weighted by molar-refractivity contribution is -0.0972. The lowest BCUT2D eigenvalue weighted by atomic mass is 9.86. The van der Waals surface area contributed by atoms with Gasteiger partial charge in [-0.15, -0.1) is 0 Å². The number of carbonyl (C=O) groups is 1. The number of ether oxygens (including phenoxy) is 3. The molecule has 196 valence electrons. The van der Waals surface area contributed by atoms with Gasteiger partial charge < -0.3 is 24.6 Å². The zero-order valence-corrected chi connectivity index (χ0v) is 22.0. The van der Waals surface area contributed by atoms with Crippen LogP contribution in [0, 0.1) is 6.92 Å². The average Bonchev–Trinajstić information content (AvgIpc) is 2.81. The Labute approximate surface area is 214 Å². The van der Waals surface area contributed by atoms with Gasteiger partial charge in [0, 0.05) is 19.6 Å².